The summed E-state index contributed by atoms with van der Waals surface area (Å²) in [6.45, 7) is 0.237. The third-order valence-corrected chi connectivity index (χ3v) is 4.84. The van der Waals surface area contributed by atoms with E-state index in [1.54, 1.807) is 36.4 Å². The summed E-state index contributed by atoms with van der Waals surface area (Å²) < 4.78 is 6.34. The minimum atomic E-state index is -0.551. The Morgan fingerprint density at radius 1 is 1.09 bits per heavy atom. The number of carbonyl (C=O) groups is 1. The monoisotopic (exact) mass is 428 g/mol. The van der Waals surface area contributed by atoms with Gasteiger partial charge in [-0.2, -0.15) is 10.2 Å². The molecule has 0 saturated carbocycles. The van der Waals surface area contributed by atoms with E-state index in [1.807, 2.05) is 30.3 Å². The van der Waals surface area contributed by atoms with Crippen LogP contribution in [0.4, 0.5) is 0 Å². The third-order valence-electron chi connectivity index (χ3n) is 4.84. The fourth-order valence-electron chi connectivity index (χ4n) is 3.26. The number of ether oxygens (including phenoxy) is 1. The molecule has 4 aromatic rings. The van der Waals surface area contributed by atoms with Gasteiger partial charge in [0.2, 0.25) is 0 Å². The number of phenols is 1. The van der Waals surface area contributed by atoms with Crippen LogP contribution in [0.3, 0.4) is 0 Å². The van der Waals surface area contributed by atoms with E-state index >= 15 is 0 Å². The predicted molar refractivity (Wildman–Crippen MR) is 121 cm³/mol. The van der Waals surface area contributed by atoms with Gasteiger partial charge in [0.25, 0.3) is 11.5 Å². The molecule has 4 rings (SSSR count). The van der Waals surface area contributed by atoms with Crippen LogP contribution in [0.2, 0.25) is 0 Å². The van der Waals surface area contributed by atoms with E-state index in [4.69, 9.17) is 4.74 Å². The normalized spacial score (nSPS) is 11.0. The number of hydrogen-bond acceptors (Lipinski definition) is 6. The topological polar surface area (TPSA) is 106 Å². The van der Waals surface area contributed by atoms with E-state index in [9.17, 15) is 14.7 Å². The number of nitrogens with zero attached hydrogens (tertiary/aromatic N) is 3. The zero-order valence-electron chi connectivity index (χ0n) is 17.2. The number of aromatic nitrogens is 2. The van der Waals surface area contributed by atoms with Crippen molar-refractivity contribution in [1.29, 1.82) is 0 Å². The molecule has 3 aromatic carbocycles. The number of nitrogens with one attached hydrogen (secondary N) is 1. The van der Waals surface area contributed by atoms with E-state index in [-0.39, 0.29) is 23.5 Å². The van der Waals surface area contributed by atoms with Gasteiger partial charge in [0.1, 0.15) is 0 Å². The number of hydrogen-bond donors (Lipinski definition) is 2. The van der Waals surface area contributed by atoms with Crippen LogP contribution in [0.5, 0.6) is 11.5 Å². The summed E-state index contributed by atoms with van der Waals surface area (Å²) >= 11 is 0. The van der Waals surface area contributed by atoms with Gasteiger partial charge in [-0.05, 0) is 35.4 Å². The van der Waals surface area contributed by atoms with Gasteiger partial charge in [0.05, 0.1) is 25.3 Å². The molecule has 2 N–H and O–H groups in total. The predicted octanol–water partition coefficient (Wildman–Crippen LogP) is 2.92. The lowest BCUT2D eigenvalue weighted by atomic mass is 10.1. The van der Waals surface area contributed by atoms with Crippen LogP contribution in [-0.2, 0) is 6.54 Å². The van der Waals surface area contributed by atoms with Gasteiger partial charge in [-0.1, -0.05) is 48.5 Å². The molecule has 0 unspecified atom stereocenters. The number of fused-ring (bicyclic) bond motifs is 1. The van der Waals surface area contributed by atoms with Crippen LogP contribution < -0.4 is 15.7 Å². The minimum absolute atomic E-state index is 0.00466. The van der Waals surface area contributed by atoms with E-state index < -0.39 is 5.91 Å². The SMILES string of the molecule is COc1cc(/C=N/NC(=O)c2nn(Cc3ccccc3)c(=O)c3ccccc23)ccc1O. The number of hydrazone groups is 1. The molecule has 0 fully saturated rings. The van der Waals surface area contributed by atoms with Crippen molar-refractivity contribution in [2.75, 3.05) is 7.11 Å². The number of benzene rings is 3. The number of rotatable bonds is 6. The molecule has 160 valence electrons. The second kappa shape index (κ2) is 9.13. The quantitative estimate of drug-likeness (QED) is 0.363. The van der Waals surface area contributed by atoms with Crippen molar-refractivity contribution in [1.82, 2.24) is 15.2 Å². The molecule has 0 aliphatic carbocycles. The molecule has 0 aliphatic heterocycles. The Kier molecular flexibility index (Phi) is 5.94. The fourth-order valence-corrected chi connectivity index (χ4v) is 3.26. The molecule has 0 saturated heterocycles. The third kappa shape index (κ3) is 4.34. The molecule has 8 nitrogen and oxygen atoms in total. The Morgan fingerprint density at radius 2 is 1.81 bits per heavy atom. The summed E-state index contributed by atoms with van der Waals surface area (Å²) in [5, 5.41) is 18.8. The molecular formula is C24H20N4O4. The zero-order valence-corrected chi connectivity index (χ0v) is 17.2. The van der Waals surface area contributed by atoms with Crippen molar-refractivity contribution in [3.05, 3.63) is 100.0 Å². The molecule has 1 heterocycles. The average molecular weight is 428 g/mol. The Morgan fingerprint density at radius 3 is 2.56 bits per heavy atom. The van der Waals surface area contributed by atoms with E-state index in [1.165, 1.54) is 24.1 Å². The number of aromatic hydroxyl groups is 1. The lowest BCUT2D eigenvalue weighted by molar-refractivity contribution is 0.0949. The Bertz CT molecular complexity index is 1360. The summed E-state index contributed by atoms with van der Waals surface area (Å²) in [4.78, 5) is 25.8. The van der Waals surface area contributed by atoms with Gasteiger partial charge in [-0.3, -0.25) is 9.59 Å². The molecule has 1 amide bonds. The summed E-state index contributed by atoms with van der Waals surface area (Å²) in [5.74, 6) is -0.254. The summed E-state index contributed by atoms with van der Waals surface area (Å²) in [7, 11) is 1.44. The Hall–Kier alpha value is -4.46. The Labute approximate surface area is 183 Å². The highest BCUT2D eigenvalue weighted by Crippen LogP contribution is 2.25. The maximum absolute atomic E-state index is 12.9. The van der Waals surface area contributed by atoms with Gasteiger partial charge in [-0.15, -0.1) is 0 Å². The van der Waals surface area contributed by atoms with Crippen molar-refractivity contribution in [3.63, 3.8) is 0 Å². The standard InChI is InChI=1S/C24H20N4O4/c1-32-21-13-17(11-12-20(21)29)14-25-26-23(30)22-18-9-5-6-10-19(18)24(31)28(27-22)15-16-7-3-2-4-8-16/h2-14,29H,15H2,1H3,(H,26,30)/b25-14+. The highest BCUT2D eigenvalue weighted by atomic mass is 16.5. The Balaban J connectivity index is 1.64. The van der Waals surface area contributed by atoms with Crippen LogP contribution in [0, 0.1) is 0 Å². The molecule has 0 atom stereocenters. The second-order valence-electron chi connectivity index (χ2n) is 6.97. The first kappa shape index (κ1) is 20.8. The van der Waals surface area contributed by atoms with Crippen LogP contribution in [0.25, 0.3) is 10.8 Å². The molecule has 0 spiro atoms. The first-order valence-electron chi connectivity index (χ1n) is 9.81. The zero-order chi connectivity index (χ0) is 22.5. The molecule has 0 radical (unpaired) electrons. The van der Waals surface area contributed by atoms with Gasteiger partial charge in [0.15, 0.2) is 17.2 Å². The first-order valence-corrected chi connectivity index (χ1v) is 9.81. The van der Waals surface area contributed by atoms with Crippen molar-refractivity contribution in [2.24, 2.45) is 5.10 Å². The van der Waals surface area contributed by atoms with Crippen molar-refractivity contribution >= 4 is 22.9 Å². The summed E-state index contributed by atoms with van der Waals surface area (Å²) in [6, 6.07) is 20.9. The largest absolute Gasteiger partial charge is 0.504 e. The highest BCUT2D eigenvalue weighted by molar-refractivity contribution is 6.05. The van der Waals surface area contributed by atoms with Crippen molar-refractivity contribution in [2.45, 2.75) is 6.54 Å². The van der Waals surface area contributed by atoms with Crippen LogP contribution >= 0.6 is 0 Å². The number of methoxy groups -OCH3 is 1. The molecule has 8 heteroatoms. The van der Waals surface area contributed by atoms with Crippen molar-refractivity contribution < 1.29 is 14.6 Å². The lowest BCUT2D eigenvalue weighted by Crippen LogP contribution is -2.29. The summed E-state index contributed by atoms with van der Waals surface area (Å²) in [5.41, 5.74) is 3.78. The number of amides is 1. The first-order chi connectivity index (χ1) is 15.6. The average Bonchev–Trinajstić information content (AvgIpc) is 2.82. The van der Waals surface area contributed by atoms with E-state index in [2.05, 4.69) is 15.6 Å². The van der Waals surface area contributed by atoms with Crippen molar-refractivity contribution in [3.8, 4) is 11.5 Å². The van der Waals surface area contributed by atoms with E-state index in [0.29, 0.717) is 22.1 Å². The van der Waals surface area contributed by atoms with Crippen LogP contribution in [0.1, 0.15) is 21.6 Å². The number of carbonyl (C=O) groups excluding carboxylic acids is 1. The molecule has 0 bridgehead atoms. The maximum atomic E-state index is 12.9. The van der Waals surface area contributed by atoms with Gasteiger partial charge in [0, 0.05) is 5.39 Å². The smallest absolute Gasteiger partial charge is 0.292 e. The van der Waals surface area contributed by atoms with Gasteiger partial charge >= 0.3 is 0 Å². The fraction of sp³-hybridized carbons (Fsp3) is 0.0833. The highest BCUT2D eigenvalue weighted by Gasteiger charge is 2.16. The molecule has 0 aliphatic rings. The molecule has 32 heavy (non-hydrogen) atoms. The number of phenolic OH excluding ortho intramolecular Hbond substituents is 1. The van der Waals surface area contributed by atoms with Gasteiger partial charge in [-0.25, -0.2) is 10.1 Å². The summed E-state index contributed by atoms with van der Waals surface area (Å²) in [6.07, 6.45) is 1.42. The van der Waals surface area contributed by atoms with E-state index in [0.717, 1.165) is 5.56 Å². The van der Waals surface area contributed by atoms with Crippen LogP contribution in [-0.4, -0.2) is 34.1 Å². The maximum Gasteiger partial charge on any atom is 0.292 e. The minimum Gasteiger partial charge on any atom is -0.504 e. The van der Waals surface area contributed by atoms with Gasteiger partial charge < -0.3 is 9.84 Å². The lowest BCUT2D eigenvalue weighted by Gasteiger charge is -2.10. The molecule has 1 aromatic heterocycles. The molecular weight excluding hydrogens is 408 g/mol. The second-order valence-corrected chi connectivity index (χ2v) is 6.97. The van der Waals surface area contributed by atoms with Crippen LogP contribution in [0.15, 0.2) is 82.7 Å².